The van der Waals surface area contributed by atoms with Crippen molar-refractivity contribution >= 4 is 45.3 Å². The van der Waals surface area contributed by atoms with Crippen LogP contribution in [0.15, 0.2) is 105 Å². The van der Waals surface area contributed by atoms with E-state index in [1.54, 1.807) is 0 Å². The Morgan fingerprint density at radius 1 is 0.575 bits per heavy atom. The maximum atomic E-state index is 5.84. The summed E-state index contributed by atoms with van der Waals surface area (Å²) < 4.78 is 0. The van der Waals surface area contributed by atoms with Gasteiger partial charge in [-0.1, -0.05) is 97.5 Å². The molecule has 200 valence electrons. The first-order valence-electron chi connectivity index (χ1n) is 13.2. The number of rotatable bonds is 6. The Bertz CT molecular complexity index is 1440. The molecule has 2 aromatic rings. The molecule has 0 fully saturated rings. The van der Waals surface area contributed by atoms with E-state index in [1.807, 2.05) is 0 Å². The topological polar surface area (TPSA) is 0 Å². The van der Waals surface area contributed by atoms with Crippen LogP contribution in [0.1, 0.15) is 58.1 Å². The van der Waals surface area contributed by atoms with E-state index in [0.717, 1.165) is 40.1 Å². The van der Waals surface area contributed by atoms with Crippen molar-refractivity contribution in [3.63, 3.8) is 0 Å². The van der Waals surface area contributed by atoms with Gasteiger partial charge in [-0.3, -0.25) is 12.2 Å². The average molecular weight is 677 g/mol. The molecule has 0 radical (unpaired) electrons. The molecule has 2 unspecified atom stereocenters. The van der Waals surface area contributed by atoms with Crippen LogP contribution in [0.25, 0.3) is 11.1 Å². The van der Waals surface area contributed by atoms with Gasteiger partial charge in [0.1, 0.15) is 0 Å². The summed E-state index contributed by atoms with van der Waals surface area (Å²) >= 11 is 11.7. The molecule has 4 aliphatic rings. The quantitative estimate of drug-likeness (QED) is 0.341. The van der Waals surface area contributed by atoms with Crippen LogP contribution in [0.3, 0.4) is 0 Å². The van der Waals surface area contributed by atoms with Gasteiger partial charge in [0.2, 0.25) is 0 Å². The maximum Gasteiger partial charge on any atom is 4.00 e. The molecule has 0 bridgehead atoms. The van der Waals surface area contributed by atoms with Crippen LogP contribution in [-0.2, 0) is 26.2 Å². The predicted molar refractivity (Wildman–Crippen MR) is 163 cm³/mol. The molecule has 0 saturated heterocycles. The fourth-order valence-corrected chi connectivity index (χ4v) is 7.32. The first-order chi connectivity index (χ1) is 17.9. The van der Waals surface area contributed by atoms with Crippen LogP contribution < -0.4 is 24.8 Å². The van der Waals surface area contributed by atoms with Crippen molar-refractivity contribution in [2.24, 2.45) is 11.8 Å². The summed E-state index contributed by atoms with van der Waals surface area (Å²) in [6.45, 7) is 8.74. The second kappa shape index (κ2) is 13.2. The van der Waals surface area contributed by atoms with Crippen molar-refractivity contribution in [2.75, 3.05) is 0 Å². The van der Waals surface area contributed by atoms with E-state index >= 15 is 0 Å². The van der Waals surface area contributed by atoms with E-state index in [0.29, 0.717) is 0 Å². The number of hydrogen-bond donors (Lipinski definition) is 0. The molecular weight excluding hydrogens is 647 g/mol. The molecule has 0 saturated carbocycles. The summed E-state index contributed by atoms with van der Waals surface area (Å²) in [6.07, 6.45) is 10.5. The molecule has 2 atom stereocenters. The number of fused-ring (bicyclic) bond motifs is 2. The Morgan fingerprint density at radius 2 is 0.925 bits per heavy atom. The summed E-state index contributed by atoms with van der Waals surface area (Å²) in [7, 11) is 0. The minimum Gasteiger partial charge on any atom is -1.00 e. The fourth-order valence-electron chi connectivity index (χ4n) is 6.66. The van der Waals surface area contributed by atoms with Gasteiger partial charge in [0.05, 0.1) is 0 Å². The van der Waals surface area contributed by atoms with Gasteiger partial charge < -0.3 is 24.8 Å². The van der Waals surface area contributed by atoms with E-state index in [9.17, 15) is 0 Å². The molecule has 6 rings (SSSR count). The van der Waals surface area contributed by atoms with E-state index in [4.69, 9.17) is 24.4 Å². The minimum atomic E-state index is 0. The van der Waals surface area contributed by atoms with Crippen molar-refractivity contribution in [2.45, 2.75) is 47.0 Å². The van der Waals surface area contributed by atoms with Crippen LogP contribution in [0.4, 0.5) is 0 Å². The minimum absolute atomic E-state index is 0. The standard InChI is InChI=1S/C35H30S2.2ClH.Zr/c1-20-18-28-30(34(20)36)22(3)26(32(28)24-12-7-5-8-13-24)16-11-17-27-23(4)31-29(19-21(2)35(31)37)33(27)25-14-9-6-10-15-25;;;/h5-10,12-15,28-29H,11,16-17H2,1-4H3;2*1H;/q-2;;;+4/p-2. The third kappa shape index (κ3) is 5.38. The Morgan fingerprint density at radius 3 is 1.27 bits per heavy atom. The van der Waals surface area contributed by atoms with Crippen LogP contribution in [0, 0.1) is 24.0 Å². The fraction of sp³-hybridized carbons (Fsp3) is 0.257. The molecule has 40 heavy (non-hydrogen) atoms. The summed E-state index contributed by atoms with van der Waals surface area (Å²) in [5.41, 5.74) is 15.9. The Labute approximate surface area is 281 Å². The van der Waals surface area contributed by atoms with Crippen LogP contribution >= 0.6 is 24.4 Å². The largest absolute Gasteiger partial charge is 4.00 e. The molecule has 0 aliphatic heterocycles. The second-order valence-corrected chi connectivity index (χ2v) is 11.3. The van der Waals surface area contributed by atoms with Gasteiger partial charge in [0, 0.05) is 0 Å². The maximum absolute atomic E-state index is 5.84. The van der Waals surface area contributed by atoms with Crippen molar-refractivity contribution in [3.05, 3.63) is 129 Å². The van der Waals surface area contributed by atoms with Crippen LogP contribution in [0.5, 0.6) is 0 Å². The third-order valence-electron chi connectivity index (χ3n) is 8.43. The van der Waals surface area contributed by atoms with E-state index in [-0.39, 0.29) is 62.9 Å². The van der Waals surface area contributed by atoms with Crippen LogP contribution in [-0.4, -0.2) is 9.73 Å². The third-order valence-corrected chi connectivity index (χ3v) is 9.49. The molecule has 4 aliphatic carbocycles. The van der Waals surface area contributed by atoms with Crippen molar-refractivity contribution in [3.8, 4) is 0 Å². The van der Waals surface area contributed by atoms with Gasteiger partial charge in [-0.2, -0.15) is 0 Å². The van der Waals surface area contributed by atoms with Gasteiger partial charge in [-0.15, -0.1) is 20.9 Å². The number of halogens is 2. The first-order valence-corrected chi connectivity index (χ1v) is 14.0. The second-order valence-electron chi connectivity index (χ2n) is 10.5. The van der Waals surface area contributed by atoms with Gasteiger partial charge in [0.15, 0.2) is 0 Å². The Balaban J connectivity index is 0.00000147. The Kier molecular flexibility index (Phi) is 10.9. The predicted octanol–water partition coefficient (Wildman–Crippen LogP) is 3.23. The van der Waals surface area contributed by atoms with E-state index < -0.39 is 0 Å². The molecular formula is C35H30Cl2S2Zr. The van der Waals surface area contributed by atoms with Gasteiger partial charge in [0.25, 0.3) is 0 Å². The molecule has 2 aromatic carbocycles. The monoisotopic (exact) mass is 674 g/mol. The van der Waals surface area contributed by atoms with Gasteiger partial charge >= 0.3 is 26.2 Å². The molecule has 0 spiro atoms. The van der Waals surface area contributed by atoms with E-state index in [2.05, 4.69) is 101 Å². The molecule has 0 N–H and O–H groups in total. The number of allylic oxidation sites excluding steroid dienone is 12. The molecule has 0 amide bonds. The van der Waals surface area contributed by atoms with E-state index in [1.165, 1.54) is 55.7 Å². The van der Waals surface area contributed by atoms with Crippen molar-refractivity contribution in [1.82, 2.24) is 0 Å². The summed E-state index contributed by atoms with van der Waals surface area (Å²) in [4.78, 5) is 1.99. The zero-order valence-corrected chi connectivity index (χ0v) is 28.7. The first kappa shape index (κ1) is 33.0. The SMILES string of the molecule is CC1=[C-]C2C(=C(C)C(CCCC3=C(c4ccccc4)C4[C-]=C(C)C(=S)C4=C3C)=C2c2ccccc2)C1=S.[Cl-].[Cl-].[Zr+4]. The Hall–Kier alpha value is -1.48. The molecule has 0 aromatic heterocycles. The summed E-state index contributed by atoms with van der Waals surface area (Å²) in [5.74, 6) is 0.359. The van der Waals surface area contributed by atoms with Gasteiger partial charge in [-0.25, -0.2) is 35.6 Å². The average Bonchev–Trinajstić information content (AvgIpc) is 3.55. The molecule has 5 heteroatoms. The number of benzene rings is 2. The molecule has 0 heterocycles. The van der Waals surface area contributed by atoms with Crippen molar-refractivity contribution < 1.29 is 51.0 Å². The van der Waals surface area contributed by atoms with Crippen LogP contribution in [0.2, 0.25) is 0 Å². The van der Waals surface area contributed by atoms with Gasteiger partial charge in [-0.05, 0) is 66.5 Å². The van der Waals surface area contributed by atoms with Crippen molar-refractivity contribution in [1.29, 1.82) is 0 Å². The smallest absolute Gasteiger partial charge is 1.00 e. The zero-order valence-electron chi connectivity index (χ0n) is 23.1. The summed E-state index contributed by atoms with van der Waals surface area (Å²) in [6, 6.07) is 21.7. The summed E-state index contributed by atoms with van der Waals surface area (Å²) in [5, 5.41) is 0. The number of thiocarbonyl (C=S) groups is 2. The number of hydrogen-bond acceptors (Lipinski definition) is 2. The zero-order chi connectivity index (χ0) is 25.8. The molecule has 0 nitrogen and oxygen atoms in total. The normalized spacial score (nSPS) is 21.2.